The Bertz CT molecular complexity index is 2170. The van der Waals surface area contributed by atoms with Crippen molar-refractivity contribution in [2.24, 2.45) is 5.92 Å². The van der Waals surface area contributed by atoms with Gasteiger partial charge in [-0.05, 0) is 82.5 Å². The fourth-order valence-electron chi connectivity index (χ4n) is 8.22. The van der Waals surface area contributed by atoms with E-state index < -0.39 is 98.4 Å². The van der Waals surface area contributed by atoms with Crippen molar-refractivity contribution < 1.29 is 56.1 Å². The average molecular weight is 839 g/mol. The van der Waals surface area contributed by atoms with Crippen molar-refractivity contribution in [3.05, 3.63) is 43.1 Å². The predicted molar refractivity (Wildman–Crippen MR) is 209 cm³/mol. The number of likely N-dealkylation sites (tertiary alicyclic amines) is 2. The number of methoxy groups -OCH3 is 1. The molecule has 3 saturated heterocycles. The van der Waals surface area contributed by atoms with Crippen LogP contribution in [0.5, 0.6) is 11.6 Å². The molecule has 1 aromatic carbocycles. The molecular formula is C40H50N6O12S. The molecule has 5 fully saturated rings. The molecular weight excluding hydrogens is 789 g/mol. The third-order valence-electron chi connectivity index (χ3n) is 11.6. The second-order valence-corrected chi connectivity index (χ2v) is 18.8. The molecule has 318 valence electrons. The number of rotatable bonds is 14. The first-order valence-corrected chi connectivity index (χ1v) is 21.4. The van der Waals surface area contributed by atoms with Crippen LogP contribution in [0.25, 0.3) is 10.8 Å². The Morgan fingerprint density at radius 2 is 1.85 bits per heavy atom. The highest BCUT2D eigenvalue weighted by atomic mass is 32.2. The number of amides is 5. The zero-order valence-electron chi connectivity index (χ0n) is 33.4. The van der Waals surface area contributed by atoms with Gasteiger partial charge in [0.05, 0.1) is 25.4 Å². The molecule has 19 heteroatoms. The molecule has 7 unspecified atom stereocenters. The first-order chi connectivity index (χ1) is 27.9. The Morgan fingerprint density at radius 1 is 1.08 bits per heavy atom. The monoisotopic (exact) mass is 838 g/mol. The number of carbonyl (C=O) groups excluding carboxylic acids is 6. The highest BCUT2D eigenvalue weighted by Gasteiger charge is 2.56. The van der Waals surface area contributed by atoms with Crippen LogP contribution in [0.2, 0.25) is 0 Å². The standard InChI is InChI=1S/C40H50N6O12S/c1-6-23-13-15-40(23,37(51)44-59(53,54)27-8-9-27)43-33(48)30-18-25(56-34-28-10-7-24(55-5)17-22(28)14-16-41-34)21-46(30)35(49)29(42-38(52)58-39(2,3)4)11-12-32(47)45-20-26-19-31(45)36(50)57-26/h6-7,10,14,16-17,23,25-27,29-31H,1,8-9,11-13,15,18-21H2,2-5H3,(H,42,52)(H,43,48)(H,44,51). The number of morpholine rings is 1. The van der Waals surface area contributed by atoms with Gasteiger partial charge in [-0.2, -0.15) is 0 Å². The molecule has 3 aliphatic heterocycles. The van der Waals surface area contributed by atoms with Gasteiger partial charge in [0, 0.05) is 36.8 Å². The van der Waals surface area contributed by atoms with Crippen LogP contribution in [-0.4, -0.2) is 126 Å². The van der Waals surface area contributed by atoms with Gasteiger partial charge >= 0.3 is 12.1 Å². The summed E-state index contributed by atoms with van der Waals surface area (Å²) in [5, 5.41) is 6.09. The number of nitrogens with zero attached hydrogens (tertiary/aromatic N) is 3. The summed E-state index contributed by atoms with van der Waals surface area (Å²) in [6.45, 7) is 8.80. The summed E-state index contributed by atoms with van der Waals surface area (Å²) in [5.41, 5.74) is -2.61. The summed E-state index contributed by atoms with van der Waals surface area (Å²) in [4.78, 5) is 89.0. The van der Waals surface area contributed by atoms with Crippen LogP contribution in [-0.2, 0) is 43.5 Å². The Morgan fingerprint density at radius 3 is 2.47 bits per heavy atom. The molecule has 59 heavy (non-hydrogen) atoms. The van der Waals surface area contributed by atoms with Gasteiger partial charge < -0.3 is 39.4 Å². The molecule has 2 bridgehead atoms. The molecule has 18 nitrogen and oxygen atoms in total. The fourth-order valence-corrected chi connectivity index (χ4v) is 9.59. The van der Waals surface area contributed by atoms with Gasteiger partial charge in [-0.25, -0.2) is 23.0 Å². The highest BCUT2D eigenvalue weighted by Crippen LogP contribution is 2.41. The fraction of sp³-hybridized carbons (Fsp3) is 0.575. The van der Waals surface area contributed by atoms with E-state index in [1.807, 2.05) is 0 Å². The van der Waals surface area contributed by atoms with Crippen molar-refractivity contribution in [1.29, 1.82) is 0 Å². The van der Waals surface area contributed by atoms with Crippen molar-refractivity contribution in [2.45, 2.75) is 119 Å². The molecule has 3 N–H and O–H groups in total. The van der Waals surface area contributed by atoms with Gasteiger partial charge in [0.2, 0.25) is 33.6 Å². The van der Waals surface area contributed by atoms with Crippen LogP contribution in [0.4, 0.5) is 4.79 Å². The van der Waals surface area contributed by atoms with Crippen LogP contribution in [0, 0.1) is 5.92 Å². The van der Waals surface area contributed by atoms with Crippen LogP contribution in [0.3, 0.4) is 0 Å². The normalized spacial score (nSPS) is 26.6. The van der Waals surface area contributed by atoms with Crippen molar-refractivity contribution >= 4 is 56.5 Å². The summed E-state index contributed by atoms with van der Waals surface area (Å²) >= 11 is 0. The molecule has 7 rings (SSSR count). The van der Waals surface area contributed by atoms with E-state index in [1.54, 1.807) is 58.3 Å². The zero-order chi connectivity index (χ0) is 42.4. The number of sulfonamides is 1. The number of pyridine rings is 1. The SMILES string of the molecule is C=CC1CCC1(NC(=O)C1CC(Oc2nccc3cc(OC)ccc23)CN1C(=O)C(CCC(=O)N1CC2CC1C(=O)O2)NC(=O)OC(C)(C)C)C(=O)NS(=O)(=O)C1CC1. The summed E-state index contributed by atoms with van der Waals surface area (Å²) in [6, 6.07) is 3.69. The number of fused-ring (bicyclic) bond motifs is 3. The van der Waals surface area contributed by atoms with Crippen molar-refractivity contribution in [3.8, 4) is 11.6 Å². The minimum Gasteiger partial charge on any atom is -0.497 e. The summed E-state index contributed by atoms with van der Waals surface area (Å²) in [5.74, 6) is -3.07. The van der Waals surface area contributed by atoms with Gasteiger partial charge in [0.1, 0.15) is 47.2 Å². The Kier molecular flexibility index (Phi) is 11.3. The van der Waals surface area contributed by atoms with Crippen LogP contribution in [0.1, 0.15) is 72.1 Å². The number of nitrogens with one attached hydrogen (secondary N) is 3. The number of carbonyl (C=O) groups is 6. The average Bonchev–Trinajstić information content (AvgIpc) is 3.70. The van der Waals surface area contributed by atoms with Gasteiger partial charge in [0.15, 0.2) is 0 Å². The molecule has 7 atom stereocenters. The molecule has 0 radical (unpaired) electrons. The van der Waals surface area contributed by atoms with E-state index >= 15 is 0 Å². The van der Waals surface area contributed by atoms with E-state index in [2.05, 4.69) is 26.9 Å². The number of ether oxygens (including phenoxy) is 4. The van der Waals surface area contributed by atoms with E-state index in [-0.39, 0.29) is 44.7 Å². The smallest absolute Gasteiger partial charge is 0.408 e. The third kappa shape index (κ3) is 8.65. The Balaban J connectivity index is 1.17. The number of hydrogen-bond donors (Lipinski definition) is 3. The molecule has 5 aliphatic rings. The number of esters is 1. The van der Waals surface area contributed by atoms with Crippen molar-refractivity contribution in [2.75, 3.05) is 20.2 Å². The maximum absolute atomic E-state index is 14.7. The maximum Gasteiger partial charge on any atom is 0.408 e. The molecule has 5 amide bonds. The molecule has 2 saturated carbocycles. The lowest BCUT2D eigenvalue weighted by Crippen LogP contribution is -2.70. The first-order valence-electron chi connectivity index (χ1n) is 19.8. The van der Waals surface area contributed by atoms with Gasteiger partial charge in [-0.15, -0.1) is 6.58 Å². The van der Waals surface area contributed by atoms with Crippen molar-refractivity contribution in [3.63, 3.8) is 0 Å². The quantitative estimate of drug-likeness (QED) is 0.183. The lowest BCUT2D eigenvalue weighted by molar-refractivity contribution is -0.157. The zero-order valence-corrected chi connectivity index (χ0v) is 34.2. The molecule has 2 aromatic rings. The topological polar surface area (TPSA) is 229 Å². The van der Waals surface area contributed by atoms with E-state index in [4.69, 9.17) is 18.9 Å². The van der Waals surface area contributed by atoms with Crippen molar-refractivity contribution in [1.82, 2.24) is 30.1 Å². The highest BCUT2D eigenvalue weighted by molar-refractivity contribution is 7.91. The number of hydrogen-bond acceptors (Lipinski definition) is 13. The first kappa shape index (κ1) is 41.7. The number of aromatic nitrogens is 1. The van der Waals surface area contributed by atoms with E-state index in [1.165, 1.54) is 15.9 Å². The largest absolute Gasteiger partial charge is 0.497 e. The molecule has 0 spiro atoms. The molecule has 1 aromatic heterocycles. The van der Waals surface area contributed by atoms with Gasteiger partial charge in [0.25, 0.3) is 5.91 Å². The maximum atomic E-state index is 14.7. The van der Waals surface area contributed by atoms with E-state index in [0.717, 1.165) is 5.39 Å². The minimum atomic E-state index is -3.98. The summed E-state index contributed by atoms with van der Waals surface area (Å²) in [7, 11) is -2.43. The summed E-state index contributed by atoms with van der Waals surface area (Å²) < 4.78 is 50.3. The predicted octanol–water partition coefficient (Wildman–Crippen LogP) is 1.85. The van der Waals surface area contributed by atoms with Crippen LogP contribution >= 0.6 is 0 Å². The number of benzene rings is 1. The minimum absolute atomic E-state index is 0.0837. The second kappa shape index (κ2) is 16.0. The van der Waals surface area contributed by atoms with Gasteiger partial charge in [-0.1, -0.05) is 6.08 Å². The molecule has 4 heterocycles. The Hall–Kier alpha value is -5.46. The lowest BCUT2D eigenvalue weighted by Gasteiger charge is -2.47. The van der Waals surface area contributed by atoms with E-state index in [0.29, 0.717) is 36.8 Å². The van der Waals surface area contributed by atoms with E-state index in [9.17, 15) is 37.2 Å². The van der Waals surface area contributed by atoms with Crippen LogP contribution < -0.4 is 24.8 Å². The van der Waals surface area contributed by atoms with Crippen LogP contribution in [0.15, 0.2) is 43.1 Å². The number of alkyl carbamates (subject to hydrolysis) is 1. The molecule has 2 aliphatic carbocycles. The third-order valence-corrected chi connectivity index (χ3v) is 13.4. The van der Waals surface area contributed by atoms with Gasteiger partial charge in [-0.3, -0.25) is 23.9 Å². The second-order valence-electron chi connectivity index (χ2n) is 16.8. The summed E-state index contributed by atoms with van der Waals surface area (Å²) in [6.07, 6.45) is 2.11. The lowest BCUT2D eigenvalue weighted by atomic mass is 9.66. The Labute approximate surface area is 341 Å².